The molecule has 0 saturated carbocycles. The first-order valence-electron chi connectivity index (χ1n) is 8.10. The Labute approximate surface area is 150 Å². The molecular weight excluding hydrogens is 328 g/mol. The van der Waals surface area contributed by atoms with Crippen molar-refractivity contribution in [3.8, 4) is 16.9 Å². The van der Waals surface area contributed by atoms with Gasteiger partial charge in [-0.2, -0.15) is 4.98 Å². The molecule has 2 aromatic heterocycles. The highest BCUT2D eigenvalue weighted by Crippen LogP contribution is 2.20. The summed E-state index contributed by atoms with van der Waals surface area (Å²) in [6, 6.07) is 20.8. The number of carbonyl (C=O) groups excluding carboxylic acids is 1. The van der Waals surface area contributed by atoms with Gasteiger partial charge in [-0.1, -0.05) is 36.4 Å². The van der Waals surface area contributed by atoms with Crippen molar-refractivity contribution in [3.05, 3.63) is 78.5 Å². The Bertz CT molecular complexity index is 1070. The van der Waals surface area contributed by atoms with Crippen molar-refractivity contribution >= 4 is 17.5 Å². The highest BCUT2D eigenvalue weighted by molar-refractivity contribution is 6.03. The number of nitrogens with zero attached hydrogens (tertiary/aromatic N) is 3. The van der Waals surface area contributed by atoms with Gasteiger partial charge in [-0.3, -0.25) is 10.1 Å². The summed E-state index contributed by atoms with van der Waals surface area (Å²) in [7, 11) is 1.56. The quantitative estimate of drug-likeness (QED) is 0.613. The van der Waals surface area contributed by atoms with Crippen LogP contribution in [0.2, 0.25) is 0 Å². The molecule has 0 unspecified atom stereocenters. The summed E-state index contributed by atoms with van der Waals surface area (Å²) in [6.07, 6.45) is 1.83. The molecule has 0 bridgehead atoms. The number of ether oxygens (including phenoxy) is 1. The number of amides is 1. The summed E-state index contributed by atoms with van der Waals surface area (Å²) in [5, 5.41) is 7.02. The first kappa shape index (κ1) is 15.8. The Morgan fingerprint density at radius 1 is 1.00 bits per heavy atom. The van der Waals surface area contributed by atoms with Crippen molar-refractivity contribution in [2.45, 2.75) is 0 Å². The minimum Gasteiger partial charge on any atom is -0.497 e. The minimum absolute atomic E-state index is 0.253. The van der Waals surface area contributed by atoms with Crippen LogP contribution in [0.3, 0.4) is 0 Å². The molecule has 0 spiro atoms. The van der Waals surface area contributed by atoms with Gasteiger partial charge in [0.1, 0.15) is 5.75 Å². The van der Waals surface area contributed by atoms with E-state index >= 15 is 0 Å². The molecule has 0 aliphatic rings. The van der Waals surface area contributed by atoms with Crippen molar-refractivity contribution in [1.29, 1.82) is 0 Å². The second kappa shape index (κ2) is 6.68. The number of nitrogens with one attached hydrogen (secondary N) is 1. The maximum atomic E-state index is 12.4. The van der Waals surface area contributed by atoms with E-state index in [1.54, 1.807) is 35.9 Å². The average Bonchev–Trinajstić information content (AvgIpc) is 3.10. The molecule has 0 saturated heterocycles. The van der Waals surface area contributed by atoms with Gasteiger partial charge in [0.15, 0.2) is 5.65 Å². The topological polar surface area (TPSA) is 68.5 Å². The van der Waals surface area contributed by atoms with Crippen LogP contribution in [0.1, 0.15) is 10.4 Å². The van der Waals surface area contributed by atoms with E-state index in [9.17, 15) is 4.79 Å². The lowest BCUT2D eigenvalue weighted by atomic mass is 10.1. The molecule has 6 heteroatoms. The molecule has 0 radical (unpaired) electrons. The van der Waals surface area contributed by atoms with Gasteiger partial charge in [0.25, 0.3) is 5.91 Å². The first-order valence-corrected chi connectivity index (χ1v) is 8.10. The second-order valence-electron chi connectivity index (χ2n) is 5.71. The molecule has 0 fully saturated rings. The number of pyridine rings is 1. The summed E-state index contributed by atoms with van der Waals surface area (Å²) in [4.78, 5) is 16.8. The molecule has 2 heterocycles. The van der Waals surface area contributed by atoms with Gasteiger partial charge < -0.3 is 4.74 Å². The summed E-state index contributed by atoms with van der Waals surface area (Å²) < 4.78 is 6.78. The Morgan fingerprint density at radius 3 is 2.65 bits per heavy atom. The standard InChI is InChI=1S/C20H16N4O2/c1-26-17-9-5-8-16(12-17)19(25)22-20-21-18-13-15(10-11-24(18)23-20)14-6-3-2-4-7-14/h2-13H,1H3,(H,22,23,25). The van der Waals surface area contributed by atoms with Crippen LogP contribution in [0.4, 0.5) is 5.95 Å². The Hall–Kier alpha value is -3.67. The van der Waals surface area contributed by atoms with E-state index in [1.165, 1.54) is 0 Å². The highest BCUT2D eigenvalue weighted by Gasteiger charge is 2.11. The van der Waals surface area contributed by atoms with Crippen LogP contribution in [0, 0.1) is 0 Å². The fourth-order valence-electron chi connectivity index (χ4n) is 2.68. The second-order valence-corrected chi connectivity index (χ2v) is 5.71. The van der Waals surface area contributed by atoms with Gasteiger partial charge in [0.05, 0.1) is 7.11 Å². The molecule has 0 atom stereocenters. The van der Waals surface area contributed by atoms with E-state index in [0.717, 1.165) is 11.1 Å². The molecule has 2 aromatic carbocycles. The van der Waals surface area contributed by atoms with E-state index < -0.39 is 0 Å². The summed E-state index contributed by atoms with van der Waals surface area (Å²) in [6.45, 7) is 0. The van der Waals surface area contributed by atoms with E-state index in [2.05, 4.69) is 15.4 Å². The van der Waals surface area contributed by atoms with Crippen LogP contribution in [0.5, 0.6) is 5.75 Å². The van der Waals surface area contributed by atoms with Crippen LogP contribution in [0.25, 0.3) is 16.8 Å². The third-order valence-corrected chi connectivity index (χ3v) is 4.00. The smallest absolute Gasteiger partial charge is 0.258 e. The van der Waals surface area contributed by atoms with Gasteiger partial charge in [0, 0.05) is 11.8 Å². The third kappa shape index (κ3) is 3.12. The SMILES string of the molecule is COc1cccc(C(=O)Nc2nc3cc(-c4ccccc4)ccn3n2)c1. The van der Waals surface area contributed by atoms with Crippen LogP contribution in [0.15, 0.2) is 72.9 Å². The first-order chi connectivity index (χ1) is 12.7. The molecular formula is C20H16N4O2. The van der Waals surface area contributed by atoms with Crippen molar-refractivity contribution in [1.82, 2.24) is 14.6 Å². The number of hydrogen-bond acceptors (Lipinski definition) is 4. The number of fused-ring (bicyclic) bond motifs is 1. The van der Waals surface area contributed by atoms with Gasteiger partial charge in [0.2, 0.25) is 5.95 Å². The van der Waals surface area contributed by atoms with Gasteiger partial charge in [-0.05, 0) is 41.5 Å². The van der Waals surface area contributed by atoms with Crippen LogP contribution >= 0.6 is 0 Å². The van der Waals surface area contributed by atoms with Gasteiger partial charge >= 0.3 is 0 Å². The van der Waals surface area contributed by atoms with Crippen LogP contribution in [-0.4, -0.2) is 27.6 Å². The van der Waals surface area contributed by atoms with Crippen LogP contribution in [-0.2, 0) is 0 Å². The largest absolute Gasteiger partial charge is 0.497 e. The van der Waals surface area contributed by atoms with E-state index in [0.29, 0.717) is 17.0 Å². The minimum atomic E-state index is -0.289. The zero-order valence-corrected chi connectivity index (χ0v) is 14.1. The highest BCUT2D eigenvalue weighted by atomic mass is 16.5. The lowest BCUT2D eigenvalue weighted by Gasteiger charge is -2.03. The number of aromatic nitrogens is 3. The summed E-state index contributed by atoms with van der Waals surface area (Å²) in [5.41, 5.74) is 3.27. The molecule has 0 aliphatic heterocycles. The number of benzene rings is 2. The zero-order chi connectivity index (χ0) is 17.9. The van der Waals surface area contributed by atoms with Gasteiger partial charge in [-0.25, -0.2) is 4.52 Å². The van der Waals surface area contributed by atoms with E-state index in [1.807, 2.05) is 48.7 Å². The third-order valence-electron chi connectivity index (χ3n) is 4.00. The normalized spacial score (nSPS) is 10.7. The fourth-order valence-corrected chi connectivity index (χ4v) is 2.68. The molecule has 0 aliphatic carbocycles. The van der Waals surface area contributed by atoms with Crippen molar-refractivity contribution in [2.24, 2.45) is 0 Å². The molecule has 6 nitrogen and oxygen atoms in total. The number of carbonyl (C=O) groups is 1. The lowest BCUT2D eigenvalue weighted by molar-refractivity contribution is 0.102. The van der Waals surface area contributed by atoms with Crippen molar-refractivity contribution in [3.63, 3.8) is 0 Å². The van der Waals surface area contributed by atoms with Crippen LogP contribution < -0.4 is 10.1 Å². The van der Waals surface area contributed by atoms with E-state index in [-0.39, 0.29) is 11.9 Å². The average molecular weight is 344 g/mol. The maximum absolute atomic E-state index is 12.4. The van der Waals surface area contributed by atoms with E-state index in [4.69, 9.17) is 4.74 Å². The monoisotopic (exact) mass is 344 g/mol. The Kier molecular flexibility index (Phi) is 4.07. The summed E-state index contributed by atoms with van der Waals surface area (Å²) in [5.74, 6) is 0.583. The molecule has 4 aromatic rings. The molecule has 1 N–H and O–H groups in total. The lowest BCUT2D eigenvalue weighted by Crippen LogP contribution is -2.13. The maximum Gasteiger partial charge on any atom is 0.258 e. The number of anilines is 1. The molecule has 128 valence electrons. The predicted molar refractivity (Wildman–Crippen MR) is 99.4 cm³/mol. The van der Waals surface area contributed by atoms with Gasteiger partial charge in [-0.15, -0.1) is 5.10 Å². The number of rotatable bonds is 4. The van der Waals surface area contributed by atoms with Crippen molar-refractivity contribution in [2.75, 3.05) is 12.4 Å². The molecule has 1 amide bonds. The zero-order valence-electron chi connectivity index (χ0n) is 14.1. The van der Waals surface area contributed by atoms with Crippen molar-refractivity contribution < 1.29 is 9.53 Å². The Balaban J connectivity index is 1.60. The molecule has 26 heavy (non-hydrogen) atoms. The Morgan fingerprint density at radius 2 is 1.85 bits per heavy atom. The molecule has 4 rings (SSSR count). The number of methoxy groups -OCH3 is 1. The predicted octanol–water partition coefficient (Wildman–Crippen LogP) is 3.66. The summed E-state index contributed by atoms with van der Waals surface area (Å²) >= 11 is 0. The number of hydrogen-bond donors (Lipinski definition) is 1. The fraction of sp³-hybridized carbons (Fsp3) is 0.0500.